The summed E-state index contributed by atoms with van der Waals surface area (Å²) in [7, 11) is 3.09. The molecule has 0 atom stereocenters. The van der Waals surface area contributed by atoms with Crippen molar-refractivity contribution in [2.45, 2.75) is 6.42 Å². The molecule has 0 aliphatic carbocycles. The SMILES string of the molecule is C=CCOc1ccc(/C=C2\SC(=O)N(CC(=O)NCCCOC)C2=O)cc1OC. The number of thioether (sulfide) groups is 1. The number of carbonyl (C=O) groups excluding carboxylic acids is 3. The summed E-state index contributed by atoms with van der Waals surface area (Å²) in [5.41, 5.74) is 0.669. The van der Waals surface area contributed by atoms with Crippen molar-refractivity contribution in [3.63, 3.8) is 0 Å². The molecule has 0 radical (unpaired) electrons. The third-order valence-electron chi connectivity index (χ3n) is 3.86. The van der Waals surface area contributed by atoms with Gasteiger partial charge in [0.1, 0.15) is 13.2 Å². The fourth-order valence-corrected chi connectivity index (χ4v) is 3.31. The van der Waals surface area contributed by atoms with Crippen molar-refractivity contribution in [2.24, 2.45) is 0 Å². The quantitative estimate of drug-likeness (QED) is 0.334. The maximum atomic E-state index is 12.5. The average molecular weight is 420 g/mol. The first-order chi connectivity index (χ1) is 14.0. The molecule has 1 fully saturated rings. The Kier molecular flexibility index (Phi) is 8.75. The van der Waals surface area contributed by atoms with E-state index in [-0.39, 0.29) is 11.4 Å². The van der Waals surface area contributed by atoms with Crippen LogP contribution in [0.3, 0.4) is 0 Å². The molecule has 1 heterocycles. The number of amides is 3. The number of benzene rings is 1. The van der Waals surface area contributed by atoms with Gasteiger partial charge in [-0.15, -0.1) is 0 Å². The lowest BCUT2D eigenvalue weighted by Gasteiger charge is -2.12. The molecular weight excluding hydrogens is 396 g/mol. The molecule has 1 N–H and O–H groups in total. The average Bonchev–Trinajstić information content (AvgIpc) is 2.97. The van der Waals surface area contributed by atoms with E-state index in [1.54, 1.807) is 37.5 Å². The molecular formula is C20H24N2O6S. The van der Waals surface area contributed by atoms with E-state index in [1.165, 1.54) is 7.11 Å². The van der Waals surface area contributed by atoms with E-state index in [0.29, 0.717) is 43.2 Å². The van der Waals surface area contributed by atoms with Gasteiger partial charge in [-0.05, 0) is 42.0 Å². The second kappa shape index (κ2) is 11.3. The van der Waals surface area contributed by atoms with Crippen LogP contribution >= 0.6 is 11.8 Å². The van der Waals surface area contributed by atoms with E-state index in [2.05, 4.69) is 11.9 Å². The number of methoxy groups -OCH3 is 2. The summed E-state index contributed by atoms with van der Waals surface area (Å²) in [5.74, 6) is 0.145. The van der Waals surface area contributed by atoms with Gasteiger partial charge in [-0.1, -0.05) is 18.7 Å². The summed E-state index contributed by atoms with van der Waals surface area (Å²) in [4.78, 5) is 37.8. The highest BCUT2D eigenvalue weighted by molar-refractivity contribution is 8.18. The Bertz CT molecular complexity index is 808. The number of hydrogen-bond acceptors (Lipinski definition) is 7. The Morgan fingerprint density at radius 3 is 2.76 bits per heavy atom. The van der Waals surface area contributed by atoms with Gasteiger partial charge in [0, 0.05) is 20.3 Å². The van der Waals surface area contributed by atoms with E-state index in [1.807, 2.05) is 0 Å². The molecule has 1 aromatic carbocycles. The lowest BCUT2D eigenvalue weighted by Crippen LogP contribution is -2.39. The van der Waals surface area contributed by atoms with Crippen molar-refractivity contribution in [2.75, 3.05) is 40.5 Å². The Hall–Kier alpha value is -2.78. The van der Waals surface area contributed by atoms with Crippen LogP contribution in [0.1, 0.15) is 12.0 Å². The van der Waals surface area contributed by atoms with Gasteiger partial charge in [-0.2, -0.15) is 0 Å². The molecule has 1 saturated heterocycles. The summed E-state index contributed by atoms with van der Waals surface area (Å²) in [5, 5.41) is 2.18. The zero-order valence-corrected chi connectivity index (χ0v) is 17.3. The topological polar surface area (TPSA) is 94.2 Å². The normalized spacial score (nSPS) is 15.0. The van der Waals surface area contributed by atoms with E-state index >= 15 is 0 Å². The zero-order chi connectivity index (χ0) is 21.2. The van der Waals surface area contributed by atoms with Crippen molar-refractivity contribution >= 4 is 34.9 Å². The summed E-state index contributed by atoms with van der Waals surface area (Å²) in [6.07, 6.45) is 3.86. The number of carbonyl (C=O) groups is 3. The fourth-order valence-electron chi connectivity index (χ4n) is 2.47. The molecule has 0 unspecified atom stereocenters. The molecule has 2 rings (SSSR count). The van der Waals surface area contributed by atoms with Gasteiger partial charge in [-0.25, -0.2) is 0 Å². The van der Waals surface area contributed by atoms with Crippen LogP contribution in [0.5, 0.6) is 11.5 Å². The molecule has 156 valence electrons. The maximum Gasteiger partial charge on any atom is 0.294 e. The molecule has 9 heteroatoms. The highest BCUT2D eigenvalue weighted by Gasteiger charge is 2.36. The van der Waals surface area contributed by atoms with Crippen LogP contribution in [0.25, 0.3) is 6.08 Å². The number of imide groups is 1. The Morgan fingerprint density at radius 2 is 2.07 bits per heavy atom. The largest absolute Gasteiger partial charge is 0.493 e. The Labute approximate surface area is 173 Å². The van der Waals surface area contributed by atoms with E-state index in [9.17, 15) is 14.4 Å². The van der Waals surface area contributed by atoms with E-state index < -0.39 is 17.1 Å². The van der Waals surface area contributed by atoms with Crippen molar-refractivity contribution in [1.29, 1.82) is 0 Å². The first kappa shape index (κ1) is 22.5. The minimum atomic E-state index is -0.502. The smallest absolute Gasteiger partial charge is 0.294 e. The molecule has 1 aliphatic rings. The van der Waals surface area contributed by atoms with E-state index in [0.717, 1.165) is 16.7 Å². The van der Waals surface area contributed by atoms with Gasteiger partial charge in [0.25, 0.3) is 11.1 Å². The zero-order valence-electron chi connectivity index (χ0n) is 16.4. The maximum absolute atomic E-state index is 12.5. The predicted molar refractivity (Wildman–Crippen MR) is 111 cm³/mol. The number of rotatable bonds is 11. The Morgan fingerprint density at radius 1 is 1.28 bits per heavy atom. The van der Waals surface area contributed by atoms with Gasteiger partial charge >= 0.3 is 0 Å². The third kappa shape index (κ3) is 6.37. The molecule has 0 spiro atoms. The first-order valence-electron chi connectivity index (χ1n) is 8.93. The molecule has 0 aromatic heterocycles. The highest BCUT2D eigenvalue weighted by Crippen LogP contribution is 2.34. The van der Waals surface area contributed by atoms with Gasteiger partial charge < -0.3 is 19.5 Å². The molecule has 0 saturated carbocycles. The van der Waals surface area contributed by atoms with Crippen molar-refractivity contribution < 1.29 is 28.6 Å². The molecule has 1 aliphatic heterocycles. The number of hydrogen-bond donors (Lipinski definition) is 1. The van der Waals surface area contributed by atoms with Crippen molar-refractivity contribution in [3.8, 4) is 11.5 Å². The Balaban J connectivity index is 2.05. The second-order valence-corrected chi connectivity index (χ2v) is 6.97. The van der Waals surface area contributed by atoms with E-state index in [4.69, 9.17) is 14.2 Å². The standard InChI is InChI=1S/C20H24N2O6S/c1-4-9-28-15-7-6-14(11-16(15)27-3)12-17-19(24)22(20(25)29-17)13-18(23)21-8-5-10-26-2/h4,6-7,11-12H,1,5,8-10,13H2,2-3H3,(H,21,23)/b17-12-. The molecule has 3 amide bonds. The van der Waals surface area contributed by atoms with Crippen LogP contribution in [-0.2, 0) is 14.3 Å². The van der Waals surface area contributed by atoms with Gasteiger partial charge in [0.2, 0.25) is 5.91 Å². The van der Waals surface area contributed by atoms with Crippen LogP contribution in [0.4, 0.5) is 4.79 Å². The molecule has 0 bridgehead atoms. The monoisotopic (exact) mass is 420 g/mol. The van der Waals surface area contributed by atoms with Crippen molar-refractivity contribution in [1.82, 2.24) is 10.2 Å². The summed E-state index contributed by atoms with van der Waals surface area (Å²) in [6.45, 7) is 4.56. The number of ether oxygens (including phenoxy) is 3. The van der Waals surface area contributed by atoms with Crippen LogP contribution in [0.15, 0.2) is 35.8 Å². The van der Waals surface area contributed by atoms with Gasteiger partial charge in [0.05, 0.1) is 12.0 Å². The number of nitrogens with one attached hydrogen (secondary N) is 1. The second-order valence-electron chi connectivity index (χ2n) is 5.97. The fraction of sp³-hybridized carbons (Fsp3) is 0.350. The molecule has 1 aromatic rings. The summed E-state index contributed by atoms with van der Waals surface area (Å²) < 4.78 is 15.7. The first-order valence-corrected chi connectivity index (χ1v) is 9.74. The highest BCUT2D eigenvalue weighted by atomic mass is 32.2. The van der Waals surface area contributed by atoms with Crippen LogP contribution in [0.2, 0.25) is 0 Å². The minimum Gasteiger partial charge on any atom is -0.493 e. The molecule has 8 nitrogen and oxygen atoms in total. The van der Waals surface area contributed by atoms with Gasteiger partial charge in [0.15, 0.2) is 11.5 Å². The number of nitrogens with zero attached hydrogens (tertiary/aromatic N) is 1. The van der Waals surface area contributed by atoms with Crippen molar-refractivity contribution in [3.05, 3.63) is 41.3 Å². The summed E-state index contributed by atoms with van der Waals surface area (Å²) >= 11 is 0.795. The van der Waals surface area contributed by atoms with Crippen LogP contribution in [-0.4, -0.2) is 62.5 Å². The predicted octanol–water partition coefficient (Wildman–Crippen LogP) is 2.45. The molecule has 29 heavy (non-hydrogen) atoms. The van der Waals surface area contributed by atoms with Crippen LogP contribution < -0.4 is 14.8 Å². The third-order valence-corrected chi connectivity index (χ3v) is 4.77. The summed E-state index contributed by atoms with van der Waals surface area (Å²) in [6, 6.07) is 5.16. The lowest BCUT2D eigenvalue weighted by molar-refractivity contribution is -0.129. The van der Waals surface area contributed by atoms with Gasteiger partial charge in [-0.3, -0.25) is 19.3 Å². The minimum absolute atomic E-state index is 0.240. The lowest BCUT2D eigenvalue weighted by atomic mass is 10.2. The van der Waals surface area contributed by atoms with Crippen LogP contribution in [0, 0.1) is 0 Å².